The zero-order valence-electron chi connectivity index (χ0n) is 12.1. The van der Waals surface area contributed by atoms with Crippen LogP contribution in [-0.2, 0) is 12.7 Å². The first-order chi connectivity index (χ1) is 9.77. The number of rotatable bonds is 4. The molecule has 0 bridgehead atoms. The van der Waals surface area contributed by atoms with Crippen LogP contribution in [0.5, 0.6) is 0 Å². The third-order valence-electron chi connectivity index (χ3n) is 2.94. The van der Waals surface area contributed by atoms with Crippen molar-refractivity contribution in [3.8, 4) is 10.6 Å². The summed E-state index contributed by atoms with van der Waals surface area (Å²) >= 11 is 1.09. The fourth-order valence-corrected chi connectivity index (χ4v) is 2.85. The molecular weight excluding hydrogens is 297 g/mol. The zero-order chi connectivity index (χ0) is 15.6. The van der Waals surface area contributed by atoms with Crippen molar-refractivity contribution in [3.63, 3.8) is 0 Å². The van der Waals surface area contributed by atoms with Gasteiger partial charge in [-0.1, -0.05) is 43.7 Å². The van der Waals surface area contributed by atoms with E-state index in [9.17, 15) is 13.2 Å². The smallest absolute Gasteiger partial charge is 0.310 e. The van der Waals surface area contributed by atoms with Gasteiger partial charge < -0.3 is 5.32 Å². The third kappa shape index (κ3) is 4.04. The van der Waals surface area contributed by atoms with E-state index in [1.165, 1.54) is 0 Å². The number of aromatic nitrogens is 1. The lowest BCUT2D eigenvalue weighted by atomic mass is 10.2. The Morgan fingerprint density at radius 1 is 1.19 bits per heavy atom. The van der Waals surface area contributed by atoms with E-state index >= 15 is 0 Å². The minimum Gasteiger partial charge on any atom is -0.310 e. The van der Waals surface area contributed by atoms with Gasteiger partial charge in [-0.2, -0.15) is 13.2 Å². The first-order valence-electron chi connectivity index (χ1n) is 6.64. The van der Waals surface area contributed by atoms with Crippen LogP contribution in [-0.4, -0.2) is 11.0 Å². The number of aryl methyl sites for hydroxylation is 1. The summed E-state index contributed by atoms with van der Waals surface area (Å²) in [6.45, 7) is 5.91. The second-order valence-corrected chi connectivity index (χ2v) is 6.27. The highest BCUT2D eigenvalue weighted by Gasteiger charge is 2.37. The molecule has 2 aromatic rings. The first-order valence-corrected chi connectivity index (χ1v) is 7.46. The van der Waals surface area contributed by atoms with Crippen LogP contribution in [0.2, 0.25) is 0 Å². The molecule has 0 atom stereocenters. The van der Waals surface area contributed by atoms with Crippen LogP contribution in [0.15, 0.2) is 24.3 Å². The van der Waals surface area contributed by atoms with Gasteiger partial charge >= 0.3 is 6.18 Å². The summed E-state index contributed by atoms with van der Waals surface area (Å²) in [6, 6.07) is 7.46. The number of hydrogen-bond donors (Lipinski definition) is 1. The van der Waals surface area contributed by atoms with Crippen LogP contribution in [0.4, 0.5) is 13.2 Å². The molecule has 114 valence electrons. The molecule has 1 aromatic heterocycles. The fourth-order valence-electron chi connectivity index (χ4n) is 1.81. The Bertz CT molecular complexity index is 600. The van der Waals surface area contributed by atoms with Gasteiger partial charge in [-0.25, -0.2) is 4.98 Å². The summed E-state index contributed by atoms with van der Waals surface area (Å²) in [5, 5.41) is 3.42. The molecule has 2 nitrogen and oxygen atoms in total. The summed E-state index contributed by atoms with van der Waals surface area (Å²) < 4.78 is 39.2. The minimum absolute atomic E-state index is 0.121. The topological polar surface area (TPSA) is 24.9 Å². The molecule has 21 heavy (non-hydrogen) atoms. The number of nitrogens with one attached hydrogen (secondary N) is 1. The van der Waals surface area contributed by atoms with Crippen LogP contribution >= 0.6 is 11.3 Å². The molecular formula is C15H17F3N2S. The third-order valence-corrected chi connectivity index (χ3v) is 4.04. The molecule has 0 radical (unpaired) electrons. The van der Waals surface area contributed by atoms with Crippen molar-refractivity contribution >= 4 is 11.3 Å². The number of nitrogens with zero attached hydrogens (tertiary/aromatic N) is 1. The van der Waals surface area contributed by atoms with Gasteiger partial charge in [0.15, 0.2) is 5.69 Å². The lowest BCUT2D eigenvalue weighted by Gasteiger charge is -2.09. The highest BCUT2D eigenvalue weighted by molar-refractivity contribution is 7.15. The van der Waals surface area contributed by atoms with E-state index in [0.717, 1.165) is 16.9 Å². The Morgan fingerprint density at radius 2 is 1.81 bits per heavy atom. The van der Waals surface area contributed by atoms with E-state index in [1.54, 1.807) is 12.1 Å². The van der Waals surface area contributed by atoms with Gasteiger partial charge in [-0.15, -0.1) is 11.3 Å². The van der Waals surface area contributed by atoms with Crippen LogP contribution in [0.1, 0.15) is 30.0 Å². The largest absolute Gasteiger partial charge is 0.434 e. The molecule has 1 aromatic carbocycles. The Balaban J connectivity index is 2.37. The summed E-state index contributed by atoms with van der Waals surface area (Å²) in [5.41, 5.74) is 0.996. The van der Waals surface area contributed by atoms with Crippen molar-refractivity contribution in [2.45, 2.75) is 39.5 Å². The number of thiazole rings is 1. The molecule has 0 unspecified atom stereocenters. The predicted molar refractivity (Wildman–Crippen MR) is 79.3 cm³/mol. The Morgan fingerprint density at radius 3 is 2.33 bits per heavy atom. The summed E-state index contributed by atoms with van der Waals surface area (Å²) in [6.07, 6.45) is -4.42. The molecule has 0 spiro atoms. The highest BCUT2D eigenvalue weighted by atomic mass is 32.1. The van der Waals surface area contributed by atoms with Gasteiger partial charge in [-0.3, -0.25) is 0 Å². The first kappa shape index (κ1) is 16.0. The Kier molecular flexibility index (Phi) is 4.68. The normalized spacial score (nSPS) is 12.1. The average Bonchev–Trinajstić information content (AvgIpc) is 2.81. The molecule has 0 amide bonds. The molecule has 0 saturated heterocycles. The highest BCUT2D eigenvalue weighted by Crippen LogP contribution is 2.37. The van der Waals surface area contributed by atoms with E-state index in [0.29, 0.717) is 10.6 Å². The van der Waals surface area contributed by atoms with Crippen molar-refractivity contribution in [1.29, 1.82) is 0 Å². The molecule has 0 aliphatic heterocycles. The number of hydrogen-bond acceptors (Lipinski definition) is 3. The van der Waals surface area contributed by atoms with E-state index in [1.807, 2.05) is 32.9 Å². The fraction of sp³-hybridized carbons (Fsp3) is 0.400. The van der Waals surface area contributed by atoms with Crippen molar-refractivity contribution in [2.75, 3.05) is 0 Å². The van der Waals surface area contributed by atoms with Crippen LogP contribution in [0, 0.1) is 6.92 Å². The van der Waals surface area contributed by atoms with E-state index in [-0.39, 0.29) is 17.5 Å². The molecule has 1 heterocycles. The number of halogens is 3. The second-order valence-electron chi connectivity index (χ2n) is 5.19. The van der Waals surface area contributed by atoms with E-state index in [2.05, 4.69) is 10.3 Å². The molecule has 0 saturated carbocycles. The lowest BCUT2D eigenvalue weighted by Crippen LogP contribution is -2.23. The molecule has 2 rings (SSSR count). The summed E-state index contributed by atoms with van der Waals surface area (Å²) in [7, 11) is 0. The minimum atomic E-state index is -4.42. The molecule has 1 N–H and O–H groups in total. The maximum Gasteiger partial charge on any atom is 0.434 e. The van der Waals surface area contributed by atoms with Crippen molar-refractivity contribution in [2.24, 2.45) is 0 Å². The van der Waals surface area contributed by atoms with Gasteiger partial charge in [0.25, 0.3) is 0 Å². The standard InChI is InChI=1S/C15H17F3N2S/c1-9(2)19-8-12-13(15(16,17)18)20-14(21-12)11-6-4-10(3)5-7-11/h4-7,9,19H,8H2,1-3H3. The van der Waals surface area contributed by atoms with Crippen molar-refractivity contribution in [3.05, 3.63) is 40.4 Å². The number of alkyl halides is 3. The quantitative estimate of drug-likeness (QED) is 0.889. The van der Waals surface area contributed by atoms with Crippen LogP contribution < -0.4 is 5.32 Å². The molecule has 0 aliphatic rings. The van der Waals surface area contributed by atoms with Crippen molar-refractivity contribution < 1.29 is 13.2 Å². The van der Waals surface area contributed by atoms with Gasteiger partial charge in [0, 0.05) is 18.2 Å². The van der Waals surface area contributed by atoms with Crippen LogP contribution in [0.25, 0.3) is 10.6 Å². The van der Waals surface area contributed by atoms with E-state index < -0.39 is 11.9 Å². The predicted octanol–water partition coefficient (Wildman–Crippen LogP) is 4.64. The van der Waals surface area contributed by atoms with Gasteiger partial charge in [0.2, 0.25) is 0 Å². The Hall–Kier alpha value is -1.40. The van der Waals surface area contributed by atoms with Crippen LogP contribution in [0.3, 0.4) is 0 Å². The van der Waals surface area contributed by atoms with Crippen molar-refractivity contribution in [1.82, 2.24) is 10.3 Å². The SMILES string of the molecule is Cc1ccc(-c2nc(C(F)(F)F)c(CNC(C)C)s2)cc1. The molecule has 0 fully saturated rings. The summed E-state index contributed by atoms with van der Waals surface area (Å²) in [4.78, 5) is 4.04. The average molecular weight is 314 g/mol. The molecule has 0 aliphatic carbocycles. The molecule has 6 heteroatoms. The zero-order valence-corrected chi connectivity index (χ0v) is 12.9. The van der Waals surface area contributed by atoms with Gasteiger partial charge in [0.1, 0.15) is 5.01 Å². The maximum atomic E-state index is 13.1. The second kappa shape index (κ2) is 6.15. The lowest BCUT2D eigenvalue weighted by molar-refractivity contribution is -0.141. The summed E-state index contributed by atoms with van der Waals surface area (Å²) in [5.74, 6) is 0. The van der Waals surface area contributed by atoms with E-state index in [4.69, 9.17) is 0 Å². The van der Waals surface area contributed by atoms with Gasteiger partial charge in [-0.05, 0) is 6.92 Å². The maximum absolute atomic E-state index is 13.1. The number of benzene rings is 1. The Labute approximate surface area is 126 Å². The van der Waals surface area contributed by atoms with Gasteiger partial charge in [0.05, 0.1) is 4.88 Å². The monoisotopic (exact) mass is 314 g/mol.